The lowest BCUT2D eigenvalue weighted by Gasteiger charge is -2.48. The number of carbonyl (C=O) groups excluding carboxylic acids is 3. The fourth-order valence-electron chi connectivity index (χ4n) is 4.48. The minimum Gasteiger partial charge on any atom is -0.487 e. The maximum absolute atomic E-state index is 13.7. The van der Waals surface area contributed by atoms with Gasteiger partial charge in [0.1, 0.15) is 13.2 Å². The number of para-hydroxylation sites is 2. The Morgan fingerprint density at radius 1 is 1.06 bits per heavy atom. The van der Waals surface area contributed by atoms with Gasteiger partial charge in [0.15, 0.2) is 11.6 Å². The van der Waals surface area contributed by atoms with Gasteiger partial charge in [-0.25, -0.2) is 9.18 Å². The van der Waals surface area contributed by atoms with E-state index in [4.69, 9.17) is 9.47 Å². The monoisotopic (exact) mass is 424 g/mol. The van der Waals surface area contributed by atoms with E-state index in [-0.39, 0.29) is 49.7 Å². The molecule has 1 unspecified atom stereocenters. The van der Waals surface area contributed by atoms with Crippen LogP contribution in [0.15, 0.2) is 48.5 Å². The molecule has 1 saturated carbocycles. The topological polar surface area (TPSA) is 76.2 Å². The molecule has 0 radical (unpaired) electrons. The zero-order valence-corrected chi connectivity index (χ0v) is 16.8. The summed E-state index contributed by atoms with van der Waals surface area (Å²) in [6.45, 7) is -0.185. The lowest BCUT2D eigenvalue weighted by atomic mass is 9.96. The van der Waals surface area contributed by atoms with Gasteiger partial charge in [-0.15, -0.1) is 0 Å². The van der Waals surface area contributed by atoms with E-state index in [0.29, 0.717) is 11.3 Å². The molecule has 2 aliphatic heterocycles. The van der Waals surface area contributed by atoms with Gasteiger partial charge in [0, 0.05) is 18.9 Å². The van der Waals surface area contributed by atoms with Crippen LogP contribution >= 0.6 is 0 Å². The van der Waals surface area contributed by atoms with Crippen LogP contribution in [0.5, 0.6) is 5.75 Å². The molecule has 2 aromatic rings. The van der Waals surface area contributed by atoms with Gasteiger partial charge in [-0.1, -0.05) is 24.3 Å². The van der Waals surface area contributed by atoms with Crippen LogP contribution in [0.3, 0.4) is 0 Å². The highest BCUT2D eigenvalue weighted by Crippen LogP contribution is 2.49. The van der Waals surface area contributed by atoms with Crippen LogP contribution < -0.4 is 9.64 Å². The zero-order chi connectivity index (χ0) is 21.6. The van der Waals surface area contributed by atoms with E-state index in [1.165, 1.54) is 17.0 Å². The number of anilines is 1. The minimum absolute atomic E-state index is 0.0509. The predicted octanol–water partition coefficient (Wildman–Crippen LogP) is 2.89. The molecule has 0 spiro atoms. The molecule has 160 valence electrons. The summed E-state index contributed by atoms with van der Waals surface area (Å²) in [5.41, 5.74) is -0.635. The Bertz CT molecular complexity index is 1070. The van der Waals surface area contributed by atoms with Crippen LogP contribution in [0, 0.1) is 5.82 Å². The summed E-state index contributed by atoms with van der Waals surface area (Å²) in [5, 5.41) is 0. The SMILES string of the molecule is O=C1CCC2(C(=O)OCCOc3ccccc3F)N1c1ccccc1C(=O)N2C1CC1. The van der Waals surface area contributed by atoms with Crippen molar-refractivity contribution in [3.05, 3.63) is 59.9 Å². The van der Waals surface area contributed by atoms with E-state index < -0.39 is 17.4 Å². The van der Waals surface area contributed by atoms with Crippen molar-refractivity contribution in [2.75, 3.05) is 18.1 Å². The molecule has 2 amide bonds. The second-order valence-electron chi connectivity index (χ2n) is 7.88. The van der Waals surface area contributed by atoms with Crippen molar-refractivity contribution in [2.45, 2.75) is 37.4 Å². The molecular weight excluding hydrogens is 403 g/mol. The van der Waals surface area contributed by atoms with Crippen LogP contribution in [-0.2, 0) is 14.3 Å². The van der Waals surface area contributed by atoms with Crippen LogP contribution in [0.4, 0.5) is 10.1 Å². The van der Waals surface area contributed by atoms with E-state index in [0.717, 1.165) is 12.8 Å². The van der Waals surface area contributed by atoms with Crippen molar-refractivity contribution >= 4 is 23.5 Å². The number of hydrogen-bond donors (Lipinski definition) is 0. The van der Waals surface area contributed by atoms with Gasteiger partial charge in [0.2, 0.25) is 11.6 Å². The average Bonchev–Trinajstić information content (AvgIpc) is 3.54. The van der Waals surface area contributed by atoms with Gasteiger partial charge in [-0.3, -0.25) is 14.5 Å². The highest BCUT2D eigenvalue weighted by molar-refractivity contribution is 6.15. The number of esters is 1. The summed E-state index contributed by atoms with van der Waals surface area (Å²) in [7, 11) is 0. The number of halogens is 1. The Balaban J connectivity index is 1.40. The molecule has 5 rings (SSSR count). The molecule has 2 heterocycles. The quantitative estimate of drug-likeness (QED) is 0.527. The molecule has 3 aliphatic rings. The standard InChI is InChI=1S/C23H21FN2O5/c24-17-6-2-4-8-19(17)30-13-14-31-22(29)23-12-11-20(27)26(23)18-7-3-1-5-16(18)21(28)25(23)15-9-10-15/h1-8,15H,9-14H2. The Kier molecular flexibility index (Phi) is 4.64. The Morgan fingerprint density at radius 2 is 1.81 bits per heavy atom. The number of ether oxygens (including phenoxy) is 2. The molecule has 2 fully saturated rings. The van der Waals surface area contributed by atoms with Crippen LogP contribution in [0.1, 0.15) is 36.0 Å². The third-order valence-corrected chi connectivity index (χ3v) is 5.95. The second kappa shape index (κ2) is 7.37. The van der Waals surface area contributed by atoms with Crippen LogP contribution in [-0.4, -0.2) is 47.6 Å². The summed E-state index contributed by atoms with van der Waals surface area (Å²) in [5.74, 6) is -1.58. The fraction of sp³-hybridized carbons (Fsp3) is 0.348. The van der Waals surface area contributed by atoms with Gasteiger partial charge in [0.25, 0.3) is 5.91 Å². The van der Waals surface area contributed by atoms with Crippen LogP contribution in [0.2, 0.25) is 0 Å². The molecule has 0 N–H and O–H groups in total. The van der Waals surface area contributed by atoms with Crippen molar-refractivity contribution in [2.24, 2.45) is 0 Å². The van der Waals surface area contributed by atoms with Gasteiger partial charge in [-0.05, 0) is 37.1 Å². The highest BCUT2D eigenvalue weighted by Gasteiger charge is 2.64. The minimum atomic E-state index is -1.48. The van der Waals surface area contributed by atoms with Crippen molar-refractivity contribution in [3.63, 3.8) is 0 Å². The Hall–Kier alpha value is -3.42. The molecule has 0 aromatic heterocycles. The molecule has 1 saturated heterocycles. The molecule has 7 nitrogen and oxygen atoms in total. The molecule has 1 atom stereocenters. The number of benzene rings is 2. The summed E-state index contributed by atoms with van der Waals surface area (Å²) >= 11 is 0. The van der Waals surface area contributed by atoms with E-state index >= 15 is 0 Å². The smallest absolute Gasteiger partial charge is 0.353 e. The number of hydrogen-bond acceptors (Lipinski definition) is 5. The van der Waals surface area contributed by atoms with Gasteiger partial charge >= 0.3 is 5.97 Å². The summed E-state index contributed by atoms with van der Waals surface area (Å²) in [6, 6.07) is 12.7. The maximum atomic E-state index is 13.7. The molecule has 2 aromatic carbocycles. The molecule has 31 heavy (non-hydrogen) atoms. The van der Waals surface area contributed by atoms with E-state index in [2.05, 4.69) is 0 Å². The van der Waals surface area contributed by atoms with Crippen LogP contribution in [0.25, 0.3) is 0 Å². The maximum Gasteiger partial charge on any atom is 0.353 e. The van der Waals surface area contributed by atoms with Crippen molar-refractivity contribution < 1.29 is 28.2 Å². The first-order valence-corrected chi connectivity index (χ1v) is 10.3. The first-order chi connectivity index (χ1) is 15.0. The number of nitrogens with zero attached hydrogens (tertiary/aromatic N) is 2. The summed E-state index contributed by atoms with van der Waals surface area (Å²) in [6.07, 6.45) is 1.88. The largest absolute Gasteiger partial charge is 0.487 e. The highest BCUT2D eigenvalue weighted by atomic mass is 19.1. The number of fused-ring (bicyclic) bond motifs is 3. The third kappa shape index (κ3) is 3.05. The lowest BCUT2D eigenvalue weighted by molar-refractivity contribution is -0.158. The van der Waals surface area contributed by atoms with Gasteiger partial charge in [0.05, 0.1) is 11.3 Å². The first kappa shape index (κ1) is 19.5. The van der Waals surface area contributed by atoms with Crippen molar-refractivity contribution in [1.29, 1.82) is 0 Å². The van der Waals surface area contributed by atoms with Gasteiger partial charge < -0.3 is 14.4 Å². The number of amides is 2. The number of rotatable bonds is 6. The van der Waals surface area contributed by atoms with Crippen molar-refractivity contribution in [1.82, 2.24) is 4.90 Å². The number of carbonyl (C=O) groups is 3. The van der Waals surface area contributed by atoms with E-state index in [9.17, 15) is 18.8 Å². The predicted molar refractivity (Wildman–Crippen MR) is 108 cm³/mol. The molecular formula is C23H21FN2O5. The van der Waals surface area contributed by atoms with E-state index in [1.54, 1.807) is 41.3 Å². The Morgan fingerprint density at radius 3 is 2.58 bits per heavy atom. The lowest BCUT2D eigenvalue weighted by Crippen LogP contribution is -2.69. The zero-order valence-electron chi connectivity index (χ0n) is 16.8. The molecule has 1 aliphatic carbocycles. The molecule has 8 heteroatoms. The normalized spacial score (nSPS) is 22.2. The second-order valence-corrected chi connectivity index (χ2v) is 7.88. The fourth-order valence-corrected chi connectivity index (χ4v) is 4.48. The van der Waals surface area contributed by atoms with Gasteiger partial charge in [-0.2, -0.15) is 0 Å². The molecule has 0 bridgehead atoms. The summed E-state index contributed by atoms with van der Waals surface area (Å²) in [4.78, 5) is 42.5. The van der Waals surface area contributed by atoms with Crippen molar-refractivity contribution in [3.8, 4) is 5.75 Å². The average molecular weight is 424 g/mol. The Labute approximate surface area is 178 Å². The first-order valence-electron chi connectivity index (χ1n) is 10.3. The van der Waals surface area contributed by atoms with E-state index in [1.807, 2.05) is 0 Å². The third-order valence-electron chi connectivity index (χ3n) is 5.95. The summed E-state index contributed by atoms with van der Waals surface area (Å²) < 4.78 is 24.5.